The van der Waals surface area contributed by atoms with Crippen molar-refractivity contribution in [2.75, 3.05) is 5.32 Å². The number of nitrogens with zero attached hydrogens (tertiary/aromatic N) is 3. The van der Waals surface area contributed by atoms with Gasteiger partial charge < -0.3 is 10.3 Å². The van der Waals surface area contributed by atoms with Gasteiger partial charge in [-0.1, -0.05) is 15.9 Å². The summed E-state index contributed by atoms with van der Waals surface area (Å²) >= 11 is 3.02. The van der Waals surface area contributed by atoms with E-state index in [0.717, 1.165) is 12.1 Å². The lowest BCUT2D eigenvalue weighted by atomic mass is 10.3. The quantitative estimate of drug-likeness (QED) is 0.759. The van der Waals surface area contributed by atoms with Gasteiger partial charge in [-0.2, -0.15) is 0 Å². The highest BCUT2D eigenvalue weighted by Gasteiger charge is 2.13. The Balaban J connectivity index is 2.09. The summed E-state index contributed by atoms with van der Waals surface area (Å²) in [4.78, 5) is 14.6. The summed E-state index contributed by atoms with van der Waals surface area (Å²) in [6.45, 7) is 0. The van der Waals surface area contributed by atoms with E-state index in [1.807, 2.05) is 0 Å². The number of H-pyrrole nitrogens is 1. The van der Waals surface area contributed by atoms with Gasteiger partial charge in [-0.05, 0) is 12.1 Å². The molecule has 3 aromatic rings. The van der Waals surface area contributed by atoms with Crippen LogP contribution in [0.4, 0.5) is 20.3 Å². The molecule has 0 amide bonds. The van der Waals surface area contributed by atoms with Crippen LogP contribution in [0.5, 0.6) is 0 Å². The zero-order valence-electron chi connectivity index (χ0n) is 9.28. The van der Waals surface area contributed by atoms with Crippen LogP contribution in [-0.2, 0) is 0 Å². The van der Waals surface area contributed by atoms with Crippen molar-refractivity contribution >= 4 is 38.6 Å². The number of benzene rings is 1. The molecule has 96 valence electrons. The molecule has 2 heterocycles. The fraction of sp³-hybridized carbons (Fsp3) is 0. The molecule has 1 aromatic carbocycles. The molecule has 19 heavy (non-hydrogen) atoms. The van der Waals surface area contributed by atoms with Crippen LogP contribution in [0.15, 0.2) is 29.3 Å². The lowest BCUT2D eigenvalue weighted by Gasteiger charge is -2.08. The predicted octanol–water partition coefficient (Wildman–Crippen LogP) is 3.14. The first-order valence-corrected chi connectivity index (χ1v) is 6.00. The first-order valence-electron chi connectivity index (χ1n) is 5.21. The molecule has 2 aromatic heterocycles. The number of hydrogen-bond donors (Lipinski definition) is 2. The van der Waals surface area contributed by atoms with Crippen molar-refractivity contribution in [1.29, 1.82) is 0 Å². The number of imidazole rings is 1. The van der Waals surface area contributed by atoms with E-state index in [-0.39, 0.29) is 11.5 Å². The average molecular weight is 326 g/mol. The zero-order valence-corrected chi connectivity index (χ0v) is 10.9. The minimum absolute atomic E-state index is 0.252. The lowest BCUT2D eigenvalue weighted by molar-refractivity contribution is 0.589. The van der Waals surface area contributed by atoms with Crippen LogP contribution in [0.3, 0.4) is 0 Å². The highest BCUT2D eigenvalue weighted by atomic mass is 79.9. The first-order chi connectivity index (χ1) is 9.15. The molecule has 0 radical (unpaired) electrons. The van der Waals surface area contributed by atoms with E-state index >= 15 is 0 Å². The Labute approximate surface area is 114 Å². The topological polar surface area (TPSA) is 66.5 Å². The van der Waals surface area contributed by atoms with Gasteiger partial charge in [-0.3, -0.25) is 0 Å². The number of fused-ring (bicyclic) bond motifs is 1. The summed E-state index contributed by atoms with van der Waals surface area (Å²) in [6.07, 6.45) is 2.69. The van der Waals surface area contributed by atoms with Gasteiger partial charge in [0, 0.05) is 4.47 Å². The van der Waals surface area contributed by atoms with Gasteiger partial charge in [-0.15, -0.1) is 0 Å². The zero-order chi connectivity index (χ0) is 13.4. The number of halogens is 3. The van der Waals surface area contributed by atoms with Gasteiger partial charge in [0.05, 0.1) is 6.33 Å². The summed E-state index contributed by atoms with van der Waals surface area (Å²) < 4.78 is 27.8. The van der Waals surface area contributed by atoms with Gasteiger partial charge in [0.1, 0.15) is 17.5 Å². The monoisotopic (exact) mass is 325 g/mol. The molecule has 0 aliphatic rings. The SMILES string of the molecule is Fc1cc(Br)cc(F)c1Nc1ncnc2nc[nH]c12. The predicted molar refractivity (Wildman–Crippen MR) is 69.0 cm³/mol. The third-order valence-electron chi connectivity index (χ3n) is 2.47. The number of nitrogens with one attached hydrogen (secondary N) is 2. The van der Waals surface area contributed by atoms with E-state index in [0.29, 0.717) is 15.6 Å². The van der Waals surface area contributed by atoms with Gasteiger partial charge in [0.15, 0.2) is 23.1 Å². The Bertz CT molecular complexity index is 735. The fourth-order valence-electron chi connectivity index (χ4n) is 1.64. The van der Waals surface area contributed by atoms with Gasteiger partial charge in [-0.25, -0.2) is 23.7 Å². The third-order valence-corrected chi connectivity index (χ3v) is 2.93. The van der Waals surface area contributed by atoms with E-state index in [1.165, 1.54) is 12.7 Å². The summed E-state index contributed by atoms with van der Waals surface area (Å²) in [5.41, 5.74) is 0.609. The van der Waals surface area contributed by atoms with Crippen molar-refractivity contribution in [3.8, 4) is 0 Å². The van der Waals surface area contributed by atoms with Gasteiger partial charge in [0.25, 0.3) is 0 Å². The van der Waals surface area contributed by atoms with Crippen molar-refractivity contribution in [2.24, 2.45) is 0 Å². The highest BCUT2D eigenvalue weighted by molar-refractivity contribution is 9.10. The van der Waals surface area contributed by atoms with Crippen molar-refractivity contribution < 1.29 is 8.78 Å². The van der Waals surface area contributed by atoms with E-state index in [1.54, 1.807) is 0 Å². The van der Waals surface area contributed by atoms with Crippen LogP contribution in [0.2, 0.25) is 0 Å². The van der Waals surface area contributed by atoms with Crippen molar-refractivity contribution in [1.82, 2.24) is 19.9 Å². The molecular formula is C11H6BrF2N5. The molecule has 2 N–H and O–H groups in total. The molecule has 0 unspecified atom stereocenters. The van der Waals surface area contributed by atoms with Crippen LogP contribution in [0.1, 0.15) is 0 Å². The average Bonchev–Trinajstić information content (AvgIpc) is 2.82. The van der Waals surface area contributed by atoms with Crippen LogP contribution < -0.4 is 5.32 Å². The Kier molecular flexibility index (Phi) is 2.86. The standard InChI is InChI=1S/C11H6BrF2N5/c12-5-1-6(13)8(7(14)2-5)19-11-9-10(16-3-15-9)17-4-18-11/h1-4H,(H2,15,16,17,18,19). The molecule has 8 heteroatoms. The summed E-state index contributed by atoms with van der Waals surface area (Å²) in [5, 5.41) is 2.60. The molecule has 0 aliphatic heterocycles. The molecular weight excluding hydrogens is 320 g/mol. The minimum Gasteiger partial charge on any atom is -0.340 e. The highest BCUT2D eigenvalue weighted by Crippen LogP contribution is 2.27. The van der Waals surface area contributed by atoms with E-state index in [2.05, 4.69) is 41.2 Å². The molecule has 0 atom stereocenters. The molecule has 5 nitrogen and oxygen atoms in total. The largest absolute Gasteiger partial charge is 0.340 e. The molecule has 0 saturated heterocycles. The molecule has 0 bridgehead atoms. The van der Waals surface area contributed by atoms with E-state index in [4.69, 9.17) is 0 Å². The molecule has 0 saturated carbocycles. The smallest absolute Gasteiger partial charge is 0.182 e. The summed E-state index contributed by atoms with van der Waals surface area (Å²) in [5.74, 6) is -1.20. The maximum atomic E-state index is 13.7. The Morgan fingerprint density at radius 1 is 1.11 bits per heavy atom. The van der Waals surface area contributed by atoms with E-state index in [9.17, 15) is 8.78 Å². The molecule has 3 rings (SSSR count). The van der Waals surface area contributed by atoms with Crippen LogP contribution in [0.25, 0.3) is 11.2 Å². The van der Waals surface area contributed by atoms with Crippen LogP contribution in [-0.4, -0.2) is 19.9 Å². The maximum absolute atomic E-state index is 13.7. The minimum atomic E-state index is -0.724. The second-order valence-corrected chi connectivity index (χ2v) is 4.61. The molecule has 0 spiro atoms. The fourth-order valence-corrected chi connectivity index (χ4v) is 2.04. The van der Waals surface area contributed by atoms with Gasteiger partial charge in [0.2, 0.25) is 0 Å². The molecule has 0 aliphatic carbocycles. The first kappa shape index (κ1) is 12.0. The van der Waals surface area contributed by atoms with Crippen LogP contribution >= 0.6 is 15.9 Å². The number of rotatable bonds is 2. The van der Waals surface area contributed by atoms with Crippen molar-refractivity contribution in [3.05, 3.63) is 40.9 Å². The summed E-state index contributed by atoms with van der Waals surface area (Å²) in [6, 6.07) is 2.33. The Morgan fingerprint density at radius 3 is 2.58 bits per heavy atom. The number of aromatic amines is 1. The normalized spacial score (nSPS) is 10.9. The van der Waals surface area contributed by atoms with Crippen LogP contribution in [0, 0.1) is 11.6 Å². The second kappa shape index (κ2) is 4.54. The third kappa shape index (κ3) is 2.14. The Hall–Kier alpha value is -2.09. The maximum Gasteiger partial charge on any atom is 0.182 e. The number of aromatic nitrogens is 4. The number of anilines is 2. The van der Waals surface area contributed by atoms with Gasteiger partial charge >= 0.3 is 0 Å². The second-order valence-electron chi connectivity index (χ2n) is 3.69. The van der Waals surface area contributed by atoms with E-state index < -0.39 is 11.6 Å². The number of hydrogen-bond acceptors (Lipinski definition) is 4. The Morgan fingerprint density at radius 2 is 1.84 bits per heavy atom. The lowest BCUT2D eigenvalue weighted by Crippen LogP contribution is -2.01. The van der Waals surface area contributed by atoms with Crippen molar-refractivity contribution in [2.45, 2.75) is 0 Å². The summed E-state index contributed by atoms with van der Waals surface area (Å²) in [7, 11) is 0. The molecule has 0 fully saturated rings. The van der Waals surface area contributed by atoms with Crippen molar-refractivity contribution in [3.63, 3.8) is 0 Å².